The maximum atomic E-state index is 11.5. The van der Waals surface area contributed by atoms with Crippen molar-refractivity contribution in [2.75, 3.05) is 20.8 Å². The van der Waals surface area contributed by atoms with Crippen molar-refractivity contribution in [3.05, 3.63) is 11.9 Å². The van der Waals surface area contributed by atoms with Gasteiger partial charge in [-0.15, -0.1) is 0 Å². The normalized spacial score (nSPS) is 17.2. The van der Waals surface area contributed by atoms with Crippen LogP contribution in [0.4, 0.5) is 0 Å². The van der Waals surface area contributed by atoms with E-state index in [0.29, 0.717) is 6.29 Å². The molecule has 0 bridgehead atoms. The van der Waals surface area contributed by atoms with Crippen LogP contribution in [0.1, 0.15) is 0 Å². The van der Waals surface area contributed by atoms with Crippen molar-refractivity contribution in [3.63, 3.8) is 0 Å². The summed E-state index contributed by atoms with van der Waals surface area (Å²) >= 11 is 0. The van der Waals surface area contributed by atoms with Crippen LogP contribution in [0.3, 0.4) is 0 Å². The van der Waals surface area contributed by atoms with Crippen LogP contribution < -0.4 is 5.32 Å². The summed E-state index contributed by atoms with van der Waals surface area (Å²) in [6, 6.07) is 0. The summed E-state index contributed by atoms with van der Waals surface area (Å²) in [7, 11) is -0.708. The van der Waals surface area contributed by atoms with Crippen LogP contribution >= 0.6 is 0 Å². The third kappa shape index (κ3) is 1.65. The zero-order chi connectivity index (χ0) is 10.1. The summed E-state index contributed by atoms with van der Waals surface area (Å²) in [5.74, 6) is 0. The molecule has 0 spiro atoms. The summed E-state index contributed by atoms with van der Waals surface area (Å²) < 4.78 is 25.1. The Hall–Kier alpha value is -1.08. The molecule has 0 saturated heterocycles. The Labute approximate surface area is 77.0 Å². The van der Waals surface area contributed by atoms with E-state index in [2.05, 4.69) is 5.32 Å². The molecule has 0 atom stereocenters. The van der Waals surface area contributed by atoms with Crippen LogP contribution in [0.5, 0.6) is 0 Å². The van der Waals surface area contributed by atoms with E-state index in [1.165, 1.54) is 20.3 Å². The molecule has 0 fully saturated rings. The maximum absolute atomic E-state index is 11.5. The minimum atomic E-state index is -3.53. The third-order valence-corrected chi connectivity index (χ3v) is 3.45. The predicted octanol–water partition coefficient (Wildman–Crippen LogP) is -1.30. The van der Waals surface area contributed by atoms with Crippen molar-refractivity contribution in [2.45, 2.75) is 0 Å². The lowest BCUT2D eigenvalue weighted by atomic mass is 10.5. The molecule has 13 heavy (non-hydrogen) atoms. The first-order valence-corrected chi connectivity index (χ1v) is 4.98. The molecule has 0 radical (unpaired) electrons. The number of aldehydes is 1. The van der Waals surface area contributed by atoms with Gasteiger partial charge in [0.25, 0.3) is 0 Å². The van der Waals surface area contributed by atoms with E-state index in [0.717, 1.165) is 8.61 Å². The fraction of sp³-hybridized carbons (Fsp3) is 0.500. The molecule has 1 aliphatic rings. The predicted molar refractivity (Wildman–Crippen MR) is 46.6 cm³/mol. The zero-order valence-corrected chi connectivity index (χ0v) is 8.21. The summed E-state index contributed by atoms with van der Waals surface area (Å²) in [4.78, 5) is 10.5. The lowest BCUT2D eigenvalue weighted by Gasteiger charge is -2.22. The van der Waals surface area contributed by atoms with Gasteiger partial charge in [0.15, 0.2) is 6.29 Å². The van der Waals surface area contributed by atoms with Gasteiger partial charge in [-0.05, 0) is 0 Å². The van der Waals surface area contributed by atoms with Gasteiger partial charge in [-0.2, -0.15) is 12.7 Å². The fourth-order valence-corrected chi connectivity index (χ4v) is 1.90. The highest BCUT2D eigenvalue weighted by molar-refractivity contribution is 7.86. The van der Waals surface area contributed by atoms with Crippen molar-refractivity contribution in [1.29, 1.82) is 0 Å². The average molecular weight is 205 g/mol. The summed E-state index contributed by atoms with van der Waals surface area (Å²) in [5.41, 5.74) is 0.119. The highest BCUT2D eigenvalue weighted by Crippen LogP contribution is 2.13. The first kappa shape index (κ1) is 10.0. The molecule has 0 aromatic carbocycles. The topological polar surface area (TPSA) is 69.7 Å². The van der Waals surface area contributed by atoms with Gasteiger partial charge in [-0.25, -0.2) is 4.31 Å². The number of nitrogens with one attached hydrogen (secondary N) is 1. The second-order valence-corrected chi connectivity index (χ2v) is 4.75. The number of hydrogen-bond acceptors (Lipinski definition) is 4. The van der Waals surface area contributed by atoms with E-state index in [1.807, 2.05) is 0 Å². The van der Waals surface area contributed by atoms with Gasteiger partial charge >= 0.3 is 10.2 Å². The molecule has 1 N–H and O–H groups in total. The molecule has 0 aliphatic carbocycles. The van der Waals surface area contributed by atoms with Crippen LogP contribution in [0.2, 0.25) is 0 Å². The Morgan fingerprint density at radius 3 is 2.69 bits per heavy atom. The van der Waals surface area contributed by atoms with Crippen molar-refractivity contribution in [2.24, 2.45) is 0 Å². The molecular weight excluding hydrogens is 194 g/mol. The minimum Gasteiger partial charge on any atom is -0.371 e. The van der Waals surface area contributed by atoms with E-state index < -0.39 is 10.2 Å². The lowest BCUT2D eigenvalue weighted by Crippen LogP contribution is -2.39. The van der Waals surface area contributed by atoms with E-state index >= 15 is 0 Å². The smallest absolute Gasteiger partial charge is 0.305 e. The zero-order valence-electron chi connectivity index (χ0n) is 7.39. The van der Waals surface area contributed by atoms with Crippen molar-refractivity contribution < 1.29 is 13.2 Å². The monoisotopic (exact) mass is 205 g/mol. The Morgan fingerprint density at radius 2 is 2.23 bits per heavy atom. The van der Waals surface area contributed by atoms with Crippen molar-refractivity contribution in [1.82, 2.24) is 13.9 Å². The molecule has 1 aliphatic heterocycles. The fourth-order valence-electron chi connectivity index (χ4n) is 0.901. The van der Waals surface area contributed by atoms with E-state index in [4.69, 9.17) is 0 Å². The van der Waals surface area contributed by atoms with Gasteiger partial charge in [0, 0.05) is 20.3 Å². The van der Waals surface area contributed by atoms with E-state index in [1.54, 1.807) is 0 Å². The van der Waals surface area contributed by atoms with Crippen LogP contribution in [-0.4, -0.2) is 44.1 Å². The van der Waals surface area contributed by atoms with Gasteiger partial charge in [0.05, 0.1) is 0 Å². The summed E-state index contributed by atoms with van der Waals surface area (Å²) in [6.07, 6.45) is 1.87. The molecule has 0 aromatic rings. The standard InChI is InChI=1S/C6H11N3O3S/c1-8(2)13(11,12)9-5-7-3-6(9)4-10/h3-4,7H,5H2,1-2H3. The first-order valence-electron chi connectivity index (χ1n) is 3.59. The summed E-state index contributed by atoms with van der Waals surface area (Å²) in [5, 5.41) is 2.66. The van der Waals surface area contributed by atoms with Crippen LogP contribution in [0.15, 0.2) is 11.9 Å². The van der Waals surface area contributed by atoms with Gasteiger partial charge in [0.1, 0.15) is 12.4 Å². The molecule has 0 unspecified atom stereocenters. The second kappa shape index (κ2) is 3.35. The van der Waals surface area contributed by atoms with Gasteiger partial charge in [-0.3, -0.25) is 4.79 Å². The van der Waals surface area contributed by atoms with Crippen molar-refractivity contribution in [3.8, 4) is 0 Å². The maximum Gasteiger partial charge on any atom is 0.305 e. The van der Waals surface area contributed by atoms with Gasteiger partial charge < -0.3 is 5.32 Å². The number of nitrogens with zero attached hydrogens (tertiary/aromatic N) is 2. The molecule has 7 heteroatoms. The number of carbonyl (C=O) groups is 1. The lowest BCUT2D eigenvalue weighted by molar-refractivity contribution is -0.105. The Morgan fingerprint density at radius 1 is 1.62 bits per heavy atom. The van der Waals surface area contributed by atoms with E-state index in [-0.39, 0.29) is 12.4 Å². The SMILES string of the molecule is CN(C)S(=O)(=O)N1CNC=C1C=O. The van der Waals surface area contributed by atoms with Crippen LogP contribution in [-0.2, 0) is 15.0 Å². The molecule has 0 amide bonds. The molecule has 1 rings (SSSR count). The largest absolute Gasteiger partial charge is 0.371 e. The first-order chi connectivity index (χ1) is 6.00. The third-order valence-electron chi connectivity index (χ3n) is 1.63. The minimum absolute atomic E-state index is 0.106. The average Bonchev–Trinajstić information content (AvgIpc) is 2.51. The highest BCUT2D eigenvalue weighted by Gasteiger charge is 2.28. The summed E-state index contributed by atoms with van der Waals surface area (Å²) in [6.45, 7) is 0.106. The molecule has 74 valence electrons. The van der Waals surface area contributed by atoms with Gasteiger partial charge in [-0.1, -0.05) is 0 Å². The number of allylic oxidation sites excluding steroid dienone is 1. The Kier molecular flexibility index (Phi) is 2.58. The number of rotatable bonds is 3. The number of carbonyl (C=O) groups excluding carboxylic acids is 1. The van der Waals surface area contributed by atoms with Crippen LogP contribution in [0.25, 0.3) is 0 Å². The van der Waals surface area contributed by atoms with Crippen molar-refractivity contribution >= 4 is 16.5 Å². The molecule has 0 saturated carbocycles. The molecule has 1 heterocycles. The Bertz CT molecular complexity index is 333. The highest BCUT2D eigenvalue weighted by atomic mass is 32.2. The van der Waals surface area contributed by atoms with E-state index in [9.17, 15) is 13.2 Å². The second-order valence-electron chi connectivity index (χ2n) is 2.69. The quantitative estimate of drug-likeness (QED) is 0.581. The van der Waals surface area contributed by atoms with Gasteiger partial charge in [0.2, 0.25) is 0 Å². The number of hydrogen-bond donors (Lipinski definition) is 1. The van der Waals surface area contributed by atoms with Crippen LogP contribution in [0, 0.1) is 0 Å². The molecule has 6 nitrogen and oxygen atoms in total. The Balaban J connectivity index is 2.97. The molecular formula is C6H11N3O3S. The molecule has 0 aromatic heterocycles.